The summed E-state index contributed by atoms with van der Waals surface area (Å²) in [7, 11) is 0. The Balaban J connectivity index is 1.79. The molecule has 0 fully saturated rings. The van der Waals surface area contributed by atoms with Gasteiger partial charge in [-0.25, -0.2) is 9.78 Å². The molecule has 0 atom stereocenters. The summed E-state index contributed by atoms with van der Waals surface area (Å²) in [6.07, 6.45) is 4.51. The number of fused-ring (bicyclic) bond motifs is 2. The summed E-state index contributed by atoms with van der Waals surface area (Å²) in [4.78, 5) is 16.8. The van der Waals surface area contributed by atoms with Crippen LogP contribution >= 0.6 is 0 Å². The minimum absolute atomic E-state index is 0.0166. The Kier molecular flexibility index (Phi) is 4.77. The molecule has 0 saturated carbocycles. The van der Waals surface area contributed by atoms with Crippen molar-refractivity contribution in [2.75, 3.05) is 6.61 Å². The highest BCUT2D eigenvalue weighted by molar-refractivity contribution is 6.05. The van der Waals surface area contributed by atoms with E-state index in [0.717, 1.165) is 35.2 Å². The number of nitriles is 1. The van der Waals surface area contributed by atoms with Crippen molar-refractivity contribution < 1.29 is 14.6 Å². The van der Waals surface area contributed by atoms with Gasteiger partial charge >= 0.3 is 5.97 Å². The van der Waals surface area contributed by atoms with Crippen LogP contribution in [0.15, 0.2) is 48.5 Å². The van der Waals surface area contributed by atoms with Gasteiger partial charge in [0.1, 0.15) is 11.8 Å². The number of allylic oxidation sites excluding steroid dienone is 1. The normalized spacial score (nSPS) is 14.5. The van der Waals surface area contributed by atoms with Gasteiger partial charge in [0.2, 0.25) is 0 Å². The van der Waals surface area contributed by atoms with Gasteiger partial charge in [-0.3, -0.25) is 0 Å². The smallest absolute Gasteiger partial charge is 0.336 e. The third-order valence-electron chi connectivity index (χ3n) is 4.91. The number of benzene rings is 2. The Morgan fingerprint density at radius 1 is 1.18 bits per heavy atom. The summed E-state index contributed by atoms with van der Waals surface area (Å²) in [6.45, 7) is 0.0166. The molecule has 0 radical (unpaired) electrons. The Morgan fingerprint density at radius 2 is 1.96 bits per heavy atom. The van der Waals surface area contributed by atoms with Crippen molar-refractivity contribution in [3.63, 3.8) is 0 Å². The third-order valence-corrected chi connectivity index (χ3v) is 4.91. The second-order valence-corrected chi connectivity index (χ2v) is 6.68. The van der Waals surface area contributed by atoms with Crippen molar-refractivity contribution in [1.82, 2.24) is 4.98 Å². The van der Waals surface area contributed by atoms with Gasteiger partial charge < -0.3 is 9.84 Å². The number of carboxylic acid groups (broad SMARTS) is 1. The molecule has 0 spiro atoms. The molecule has 4 rings (SSSR count). The lowest BCUT2D eigenvalue weighted by Crippen LogP contribution is -2.13. The van der Waals surface area contributed by atoms with Crippen LogP contribution in [-0.2, 0) is 6.42 Å². The standard InChI is InChI=1S/C23H18N2O3/c24-12-13-28-17-10-8-15(9-11-17)14-16-4-3-6-19-21(23(26)27)18-5-1-2-7-20(18)25-22(16)19/h1-2,5,7-11,14H,3-4,6,13H2,(H,26,27)/b16-14+. The molecule has 1 aliphatic rings. The first-order valence-electron chi connectivity index (χ1n) is 9.13. The van der Waals surface area contributed by atoms with Gasteiger partial charge in [-0.1, -0.05) is 30.3 Å². The average molecular weight is 370 g/mol. The Hall–Kier alpha value is -3.65. The number of pyridine rings is 1. The maximum atomic E-state index is 12.0. The third kappa shape index (κ3) is 3.33. The fourth-order valence-electron chi connectivity index (χ4n) is 3.70. The van der Waals surface area contributed by atoms with Crippen molar-refractivity contribution in [2.45, 2.75) is 19.3 Å². The number of aromatic nitrogens is 1. The lowest BCUT2D eigenvalue weighted by molar-refractivity contribution is 0.0697. The van der Waals surface area contributed by atoms with Crippen LogP contribution in [0.1, 0.15) is 40.0 Å². The van der Waals surface area contributed by atoms with Crippen molar-refractivity contribution in [1.29, 1.82) is 5.26 Å². The fraction of sp³-hybridized carbons (Fsp3) is 0.174. The van der Waals surface area contributed by atoms with Crippen LogP contribution in [0.5, 0.6) is 5.75 Å². The van der Waals surface area contributed by atoms with E-state index >= 15 is 0 Å². The first-order chi connectivity index (χ1) is 13.7. The quantitative estimate of drug-likeness (QED) is 0.719. The van der Waals surface area contributed by atoms with E-state index in [1.54, 1.807) is 0 Å². The van der Waals surface area contributed by atoms with Crippen LogP contribution in [0, 0.1) is 11.3 Å². The second-order valence-electron chi connectivity index (χ2n) is 6.68. The van der Waals surface area contributed by atoms with Gasteiger partial charge in [0.15, 0.2) is 6.61 Å². The number of carbonyl (C=O) groups is 1. The number of para-hydroxylation sites is 1. The molecular formula is C23H18N2O3. The molecule has 1 aromatic heterocycles. The minimum atomic E-state index is -0.907. The van der Waals surface area contributed by atoms with Crippen molar-refractivity contribution >= 4 is 28.5 Å². The number of nitrogens with zero attached hydrogens (tertiary/aromatic N) is 2. The van der Waals surface area contributed by atoms with E-state index in [9.17, 15) is 9.90 Å². The largest absolute Gasteiger partial charge is 0.479 e. The molecule has 1 heterocycles. The zero-order valence-corrected chi connectivity index (χ0v) is 15.2. The van der Waals surface area contributed by atoms with Crippen LogP contribution < -0.4 is 4.74 Å². The summed E-state index contributed by atoms with van der Waals surface area (Å²) < 4.78 is 5.29. The van der Waals surface area contributed by atoms with E-state index in [2.05, 4.69) is 6.08 Å². The molecule has 0 amide bonds. The molecule has 3 aromatic rings. The molecule has 2 aromatic carbocycles. The monoisotopic (exact) mass is 370 g/mol. The summed E-state index contributed by atoms with van der Waals surface area (Å²) in [5, 5.41) is 19.1. The first-order valence-corrected chi connectivity index (χ1v) is 9.13. The molecule has 5 heteroatoms. The molecule has 138 valence electrons. The zero-order valence-electron chi connectivity index (χ0n) is 15.2. The van der Waals surface area contributed by atoms with Gasteiger partial charge in [0.25, 0.3) is 0 Å². The lowest BCUT2D eigenvalue weighted by atomic mass is 9.86. The maximum Gasteiger partial charge on any atom is 0.336 e. The van der Waals surface area contributed by atoms with E-state index in [4.69, 9.17) is 15.0 Å². The Morgan fingerprint density at radius 3 is 2.71 bits per heavy atom. The summed E-state index contributed by atoms with van der Waals surface area (Å²) in [5.74, 6) is -0.264. The molecular weight excluding hydrogens is 352 g/mol. The van der Waals surface area contributed by atoms with Crippen molar-refractivity contribution in [2.24, 2.45) is 0 Å². The number of ether oxygens (including phenoxy) is 1. The van der Waals surface area contributed by atoms with E-state index in [0.29, 0.717) is 28.6 Å². The molecule has 0 saturated heterocycles. The van der Waals surface area contributed by atoms with Gasteiger partial charge in [0.05, 0.1) is 16.8 Å². The summed E-state index contributed by atoms with van der Waals surface area (Å²) >= 11 is 0. The van der Waals surface area contributed by atoms with Crippen molar-refractivity contribution in [3.05, 3.63) is 70.9 Å². The van der Waals surface area contributed by atoms with Gasteiger partial charge in [-0.15, -0.1) is 0 Å². The maximum absolute atomic E-state index is 12.0. The lowest BCUT2D eigenvalue weighted by Gasteiger charge is -2.21. The molecule has 0 bridgehead atoms. The predicted octanol–water partition coefficient (Wildman–Crippen LogP) is 4.71. The van der Waals surface area contributed by atoms with E-state index < -0.39 is 5.97 Å². The topological polar surface area (TPSA) is 83.2 Å². The second kappa shape index (κ2) is 7.53. The molecule has 0 unspecified atom stereocenters. The predicted molar refractivity (Wildman–Crippen MR) is 107 cm³/mol. The van der Waals surface area contributed by atoms with Gasteiger partial charge in [0, 0.05) is 5.39 Å². The van der Waals surface area contributed by atoms with Gasteiger partial charge in [-0.2, -0.15) is 5.26 Å². The highest BCUT2D eigenvalue weighted by Gasteiger charge is 2.24. The van der Waals surface area contributed by atoms with Crippen LogP contribution in [0.4, 0.5) is 0 Å². The Labute approximate surface area is 162 Å². The first kappa shape index (κ1) is 17.7. The van der Waals surface area contributed by atoms with Crippen molar-refractivity contribution in [3.8, 4) is 11.8 Å². The SMILES string of the molecule is N#CCOc1ccc(/C=C2\CCCc3c2nc2ccccc2c3C(=O)O)cc1. The highest BCUT2D eigenvalue weighted by atomic mass is 16.5. The highest BCUT2D eigenvalue weighted by Crippen LogP contribution is 2.36. The number of carboxylic acids is 1. The molecule has 1 N–H and O–H groups in total. The van der Waals surface area contributed by atoms with Crippen LogP contribution in [0.3, 0.4) is 0 Å². The average Bonchev–Trinajstić information content (AvgIpc) is 2.71. The fourth-order valence-corrected chi connectivity index (χ4v) is 3.70. The summed E-state index contributed by atoms with van der Waals surface area (Å²) in [5.41, 5.74) is 4.70. The minimum Gasteiger partial charge on any atom is -0.479 e. The number of hydrogen-bond acceptors (Lipinski definition) is 4. The van der Waals surface area contributed by atoms with E-state index in [-0.39, 0.29) is 6.61 Å². The van der Waals surface area contributed by atoms with Crippen LogP contribution in [-0.4, -0.2) is 22.7 Å². The zero-order chi connectivity index (χ0) is 19.5. The summed E-state index contributed by atoms with van der Waals surface area (Å²) in [6, 6.07) is 16.8. The molecule has 5 nitrogen and oxygen atoms in total. The molecule has 28 heavy (non-hydrogen) atoms. The van der Waals surface area contributed by atoms with Crippen LogP contribution in [0.2, 0.25) is 0 Å². The van der Waals surface area contributed by atoms with Crippen LogP contribution in [0.25, 0.3) is 22.6 Å². The molecule has 0 aliphatic heterocycles. The van der Waals surface area contributed by atoms with E-state index in [1.165, 1.54) is 0 Å². The number of hydrogen-bond donors (Lipinski definition) is 1. The Bertz CT molecular complexity index is 1130. The van der Waals surface area contributed by atoms with Gasteiger partial charge in [-0.05, 0) is 60.2 Å². The number of rotatable bonds is 4. The molecule has 1 aliphatic carbocycles. The number of aromatic carboxylic acids is 1. The van der Waals surface area contributed by atoms with E-state index in [1.807, 2.05) is 54.6 Å².